The summed E-state index contributed by atoms with van der Waals surface area (Å²) in [4.78, 5) is 48.3. The van der Waals surface area contributed by atoms with E-state index >= 15 is 0 Å². The van der Waals surface area contributed by atoms with Gasteiger partial charge in [0, 0.05) is 36.6 Å². The van der Waals surface area contributed by atoms with Gasteiger partial charge in [-0.3, -0.25) is 14.6 Å². The van der Waals surface area contributed by atoms with Gasteiger partial charge in [-0.05, 0) is 50.5 Å². The molecule has 0 radical (unpaired) electrons. The summed E-state index contributed by atoms with van der Waals surface area (Å²) in [5.41, 5.74) is 1.66. The smallest absolute Gasteiger partial charge is 0.354 e. The molecule has 1 fully saturated rings. The van der Waals surface area contributed by atoms with Crippen LogP contribution in [-0.2, 0) is 14.3 Å². The summed E-state index contributed by atoms with van der Waals surface area (Å²) in [7, 11) is 1.25. The van der Waals surface area contributed by atoms with E-state index in [-0.39, 0.29) is 16.8 Å². The number of aromatic nitrogens is 2. The molecule has 1 saturated heterocycles. The lowest BCUT2D eigenvalue weighted by Crippen LogP contribution is -3.11. The maximum atomic E-state index is 13.7. The maximum Gasteiger partial charge on any atom is 0.354 e. The van der Waals surface area contributed by atoms with Crippen molar-refractivity contribution in [2.24, 2.45) is 0 Å². The van der Waals surface area contributed by atoms with E-state index in [4.69, 9.17) is 4.74 Å². The molecule has 2 aromatic heterocycles. The number of methoxy groups -OCH3 is 1. The fourth-order valence-electron chi connectivity index (χ4n) is 4.62. The van der Waals surface area contributed by atoms with Gasteiger partial charge in [-0.1, -0.05) is 11.8 Å². The number of H-pyrrole nitrogens is 1. The monoisotopic (exact) mass is 468 g/mol. The number of rotatable bonds is 9. The number of ketones is 1. The van der Waals surface area contributed by atoms with E-state index in [1.807, 2.05) is 0 Å². The molecule has 1 unspecified atom stereocenters. The predicted octanol–water partition coefficient (Wildman–Crippen LogP) is 0.352. The molecule has 2 N–H and O–H groups in total. The van der Waals surface area contributed by atoms with Crippen LogP contribution in [0.1, 0.15) is 59.2 Å². The first-order valence-electron chi connectivity index (χ1n) is 11.5. The number of quaternary nitrogens is 1. The summed E-state index contributed by atoms with van der Waals surface area (Å²) in [6.07, 6.45) is 3.87. The van der Waals surface area contributed by atoms with Crippen LogP contribution >= 0.6 is 0 Å². The lowest BCUT2D eigenvalue weighted by molar-refractivity contribution is -0.896. The Balaban J connectivity index is 2.09. The Morgan fingerprint density at radius 1 is 1.26 bits per heavy atom. The Morgan fingerprint density at radius 2 is 1.97 bits per heavy atom. The molecule has 34 heavy (non-hydrogen) atoms. The van der Waals surface area contributed by atoms with Crippen LogP contribution in [-0.4, -0.2) is 65.8 Å². The zero-order valence-corrected chi connectivity index (χ0v) is 20.4. The highest BCUT2D eigenvalue weighted by Gasteiger charge is 2.44. The summed E-state index contributed by atoms with van der Waals surface area (Å²) >= 11 is 0. The number of nitrogens with one attached hydrogen (secondary N) is 2. The molecule has 1 amide bonds. The number of Topliss-reactive ketones (excluding diaryl/α,β-unsaturated/α-hetero) is 1. The fraction of sp³-hybridized carbons (Fsp3) is 0.440. The molecule has 0 saturated carbocycles. The van der Waals surface area contributed by atoms with Gasteiger partial charge in [0.2, 0.25) is 5.78 Å². The number of carbonyl (C=O) groups excluding carboxylic acids is 3. The van der Waals surface area contributed by atoms with Gasteiger partial charge in [0.1, 0.15) is 5.69 Å². The number of nitrogens with zero attached hydrogens (tertiary/aromatic N) is 2. The van der Waals surface area contributed by atoms with Gasteiger partial charge in [-0.15, -0.1) is 0 Å². The lowest BCUT2D eigenvalue weighted by atomic mass is 9.95. The first-order valence-corrected chi connectivity index (χ1v) is 11.5. The van der Waals surface area contributed by atoms with Crippen molar-refractivity contribution in [2.45, 2.75) is 40.2 Å². The average Bonchev–Trinajstić information content (AvgIpc) is 3.28. The predicted molar refractivity (Wildman–Crippen MR) is 124 cm³/mol. The summed E-state index contributed by atoms with van der Waals surface area (Å²) < 4.78 is 4.79. The third-order valence-corrected chi connectivity index (χ3v) is 6.51. The fourth-order valence-corrected chi connectivity index (χ4v) is 4.62. The van der Waals surface area contributed by atoms with E-state index in [1.165, 1.54) is 16.9 Å². The van der Waals surface area contributed by atoms with Gasteiger partial charge in [0.25, 0.3) is 5.91 Å². The van der Waals surface area contributed by atoms with Gasteiger partial charge < -0.3 is 24.6 Å². The number of hydrogen-bond donors (Lipinski definition) is 2. The molecule has 9 nitrogen and oxygen atoms in total. The van der Waals surface area contributed by atoms with Crippen LogP contribution in [0.2, 0.25) is 0 Å². The van der Waals surface area contributed by atoms with Crippen LogP contribution in [0, 0.1) is 13.8 Å². The Bertz CT molecular complexity index is 1100. The molecular formula is C25H32N4O5. The molecule has 2 aromatic rings. The topological polar surface area (TPSA) is 120 Å². The maximum absolute atomic E-state index is 13.7. The summed E-state index contributed by atoms with van der Waals surface area (Å²) in [6.45, 7) is 10.6. The van der Waals surface area contributed by atoms with E-state index in [1.54, 1.807) is 38.4 Å². The number of aryl methyl sites for hydroxylation is 1. The van der Waals surface area contributed by atoms with Crippen molar-refractivity contribution in [3.8, 4) is 0 Å². The zero-order valence-electron chi connectivity index (χ0n) is 20.4. The van der Waals surface area contributed by atoms with Crippen LogP contribution in [0.3, 0.4) is 0 Å². The molecule has 9 heteroatoms. The van der Waals surface area contributed by atoms with Gasteiger partial charge in [0.05, 0.1) is 32.8 Å². The van der Waals surface area contributed by atoms with Crippen LogP contribution in [0.5, 0.6) is 0 Å². The van der Waals surface area contributed by atoms with Crippen molar-refractivity contribution in [3.63, 3.8) is 0 Å². The Labute approximate surface area is 199 Å². The average molecular weight is 469 g/mol. The third kappa shape index (κ3) is 4.61. The first kappa shape index (κ1) is 25.2. The number of carbonyl (C=O) groups is 3. The number of aromatic amines is 1. The standard InChI is InChI=1S/C25H32N4O5/c1-6-28(7-2)12-9-13-29-21(17-10-8-11-26-14-17)19(23(31)24(29)32)22(30)18-15(3)20(25(33)34-5)27-16(18)4/h8,10-11,14,21,27,30H,6-7,9,12-13H2,1-5H3. The van der Waals surface area contributed by atoms with Crippen LogP contribution in [0.25, 0.3) is 5.76 Å². The minimum absolute atomic E-state index is 0.116. The first-order chi connectivity index (χ1) is 16.3. The molecule has 1 atom stereocenters. The second-order valence-corrected chi connectivity index (χ2v) is 8.44. The highest BCUT2D eigenvalue weighted by Crippen LogP contribution is 2.39. The molecule has 0 aromatic carbocycles. The molecule has 0 aliphatic carbocycles. The number of ether oxygens (including phenoxy) is 1. The highest BCUT2D eigenvalue weighted by atomic mass is 16.5. The number of likely N-dealkylation sites (tertiary alicyclic amines) is 1. The van der Waals surface area contributed by atoms with Crippen LogP contribution in [0.15, 0.2) is 30.1 Å². The molecule has 0 spiro atoms. The van der Waals surface area contributed by atoms with Crippen molar-refractivity contribution < 1.29 is 29.1 Å². The Kier molecular flexibility index (Phi) is 7.88. The van der Waals surface area contributed by atoms with E-state index in [0.717, 1.165) is 19.6 Å². The molecule has 0 bridgehead atoms. The van der Waals surface area contributed by atoms with Crippen LogP contribution < -0.4 is 10.0 Å². The zero-order chi connectivity index (χ0) is 25.0. The molecular weight excluding hydrogens is 436 g/mol. The summed E-state index contributed by atoms with van der Waals surface area (Å²) in [5.74, 6) is -2.67. The van der Waals surface area contributed by atoms with Gasteiger partial charge >= 0.3 is 5.97 Å². The van der Waals surface area contributed by atoms with E-state index < -0.39 is 29.5 Å². The SMILES string of the molecule is CC[NH+](CC)CCCN1C(=O)C(=O)C(=C([O-])c2c(C)[nH]c(C(=O)OC)c2C)C1c1cccnc1. The van der Waals surface area contributed by atoms with E-state index in [0.29, 0.717) is 29.8 Å². The van der Waals surface area contributed by atoms with Crippen molar-refractivity contribution >= 4 is 23.4 Å². The third-order valence-electron chi connectivity index (χ3n) is 6.51. The molecule has 1 aliphatic rings. The van der Waals surface area contributed by atoms with Crippen molar-refractivity contribution in [1.82, 2.24) is 14.9 Å². The number of pyridine rings is 1. The number of amides is 1. The quantitative estimate of drug-likeness (QED) is 0.237. The molecule has 3 heterocycles. The largest absolute Gasteiger partial charge is 0.872 e. The normalized spacial score (nSPS) is 17.6. The van der Waals surface area contributed by atoms with Gasteiger partial charge in [0.15, 0.2) is 0 Å². The van der Waals surface area contributed by atoms with Crippen molar-refractivity contribution in [1.29, 1.82) is 0 Å². The Morgan fingerprint density at radius 3 is 2.56 bits per heavy atom. The minimum Gasteiger partial charge on any atom is -0.872 e. The van der Waals surface area contributed by atoms with Gasteiger partial charge in [-0.2, -0.15) is 0 Å². The van der Waals surface area contributed by atoms with Crippen molar-refractivity contribution in [3.05, 3.63) is 58.2 Å². The lowest BCUT2D eigenvalue weighted by Gasteiger charge is -2.28. The minimum atomic E-state index is -0.830. The second-order valence-electron chi connectivity index (χ2n) is 8.44. The van der Waals surface area contributed by atoms with Crippen molar-refractivity contribution in [2.75, 3.05) is 33.3 Å². The number of hydrogen-bond acceptors (Lipinski definition) is 6. The highest BCUT2D eigenvalue weighted by molar-refractivity contribution is 6.46. The van der Waals surface area contributed by atoms with Gasteiger partial charge in [-0.25, -0.2) is 4.79 Å². The number of esters is 1. The van der Waals surface area contributed by atoms with E-state index in [2.05, 4.69) is 23.8 Å². The molecule has 3 rings (SSSR count). The summed E-state index contributed by atoms with van der Waals surface area (Å²) in [6, 6.07) is 2.64. The van der Waals surface area contributed by atoms with E-state index in [9.17, 15) is 19.5 Å². The second kappa shape index (κ2) is 10.6. The van der Waals surface area contributed by atoms with Crippen LogP contribution in [0.4, 0.5) is 0 Å². The molecule has 182 valence electrons. The Hall–Kier alpha value is -3.46. The summed E-state index contributed by atoms with van der Waals surface area (Å²) in [5, 5.41) is 13.7. The molecule has 1 aliphatic heterocycles.